The number of nitrogens with zero attached hydrogens (tertiary/aromatic N) is 3. The van der Waals surface area contributed by atoms with Crippen molar-refractivity contribution in [2.75, 3.05) is 0 Å². The van der Waals surface area contributed by atoms with E-state index in [1.165, 1.54) is 23.4 Å². The van der Waals surface area contributed by atoms with E-state index in [2.05, 4.69) is 15.0 Å². The molecule has 0 aliphatic rings. The van der Waals surface area contributed by atoms with Gasteiger partial charge in [0.25, 0.3) is 5.56 Å². The number of carbonyl (C=O) groups is 1. The molecule has 2 N–H and O–H groups in total. The SMILES string of the molecule is O=C(O)c1cn(-c2nc[nH]c(=O)c2I)cn1. The van der Waals surface area contributed by atoms with Gasteiger partial charge in [0.1, 0.15) is 9.90 Å². The zero-order valence-electron chi connectivity index (χ0n) is 7.72. The van der Waals surface area contributed by atoms with Crippen LogP contribution < -0.4 is 5.56 Å². The minimum Gasteiger partial charge on any atom is -0.476 e. The number of H-pyrrole nitrogens is 1. The lowest BCUT2D eigenvalue weighted by atomic mass is 10.5. The highest BCUT2D eigenvalue weighted by Crippen LogP contribution is 2.09. The fraction of sp³-hybridized carbons (Fsp3) is 0. The number of aromatic carboxylic acids is 1. The monoisotopic (exact) mass is 332 g/mol. The fourth-order valence-corrected chi connectivity index (χ4v) is 1.68. The predicted molar refractivity (Wildman–Crippen MR) is 61.7 cm³/mol. The summed E-state index contributed by atoms with van der Waals surface area (Å²) in [7, 11) is 0. The van der Waals surface area contributed by atoms with E-state index in [4.69, 9.17) is 5.11 Å². The number of aromatic nitrogens is 4. The number of hydrogen-bond acceptors (Lipinski definition) is 4. The van der Waals surface area contributed by atoms with Crippen molar-refractivity contribution in [3.8, 4) is 5.82 Å². The first-order valence-electron chi connectivity index (χ1n) is 4.10. The molecule has 0 saturated carbocycles. The molecule has 2 aromatic heterocycles. The average molecular weight is 332 g/mol. The number of halogens is 1. The highest BCUT2D eigenvalue weighted by molar-refractivity contribution is 14.1. The Morgan fingerprint density at radius 2 is 2.25 bits per heavy atom. The van der Waals surface area contributed by atoms with Gasteiger partial charge in [0.05, 0.1) is 6.33 Å². The Kier molecular flexibility index (Phi) is 2.73. The molecule has 2 heterocycles. The highest BCUT2D eigenvalue weighted by Gasteiger charge is 2.11. The molecule has 0 saturated heterocycles. The number of hydrogen-bond donors (Lipinski definition) is 2. The van der Waals surface area contributed by atoms with Crippen molar-refractivity contribution < 1.29 is 9.90 Å². The molecule has 0 fully saturated rings. The van der Waals surface area contributed by atoms with Crippen molar-refractivity contribution in [1.82, 2.24) is 19.5 Å². The molecule has 0 unspecified atom stereocenters. The van der Waals surface area contributed by atoms with Crippen LogP contribution >= 0.6 is 22.6 Å². The summed E-state index contributed by atoms with van der Waals surface area (Å²) in [6, 6.07) is 0. The van der Waals surface area contributed by atoms with Crippen molar-refractivity contribution in [3.63, 3.8) is 0 Å². The summed E-state index contributed by atoms with van der Waals surface area (Å²) in [4.78, 5) is 32.0. The third-order valence-electron chi connectivity index (χ3n) is 1.82. The molecule has 0 atom stereocenters. The second kappa shape index (κ2) is 4.04. The number of nitrogens with one attached hydrogen (secondary N) is 1. The van der Waals surface area contributed by atoms with E-state index in [9.17, 15) is 9.59 Å². The molecule has 0 amide bonds. The third kappa shape index (κ3) is 1.83. The predicted octanol–water partition coefficient (Wildman–Crippen LogP) is 0.258. The first-order chi connectivity index (χ1) is 7.59. The third-order valence-corrected chi connectivity index (χ3v) is 2.80. The Morgan fingerprint density at radius 3 is 2.88 bits per heavy atom. The van der Waals surface area contributed by atoms with Crippen molar-refractivity contribution >= 4 is 28.6 Å². The quantitative estimate of drug-likeness (QED) is 0.768. The van der Waals surface area contributed by atoms with Crippen LogP contribution in [-0.4, -0.2) is 30.6 Å². The Hall–Kier alpha value is -1.71. The van der Waals surface area contributed by atoms with Crippen LogP contribution in [0.3, 0.4) is 0 Å². The number of imidazole rings is 1. The molecule has 0 aliphatic carbocycles. The first kappa shape index (κ1) is 10.8. The number of aromatic amines is 1. The van der Waals surface area contributed by atoms with Gasteiger partial charge in [0, 0.05) is 6.20 Å². The Morgan fingerprint density at radius 1 is 1.50 bits per heavy atom. The smallest absolute Gasteiger partial charge is 0.356 e. The van der Waals surface area contributed by atoms with Gasteiger partial charge in [0.15, 0.2) is 11.5 Å². The minimum atomic E-state index is -1.13. The second-order valence-electron chi connectivity index (χ2n) is 2.84. The topological polar surface area (TPSA) is 101 Å². The molecule has 0 bridgehead atoms. The van der Waals surface area contributed by atoms with E-state index in [0.29, 0.717) is 9.39 Å². The van der Waals surface area contributed by atoms with E-state index in [0.717, 1.165) is 0 Å². The van der Waals surface area contributed by atoms with Gasteiger partial charge in [-0.15, -0.1) is 0 Å². The zero-order valence-corrected chi connectivity index (χ0v) is 9.87. The lowest BCUT2D eigenvalue weighted by molar-refractivity contribution is 0.0691. The molecule has 7 nitrogen and oxygen atoms in total. The summed E-state index contributed by atoms with van der Waals surface area (Å²) in [5.41, 5.74) is -0.381. The van der Waals surface area contributed by atoms with Crippen LogP contribution in [0.5, 0.6) is 0 Å². The van der Waals surface area contributed by atoms with Crippen LogP contribution in [0, 0.1) is 3.57 Å². The Balaban J connectivity index is 2.55. The molecule has 2 aromatic rings. The Labute approximate surface area is 102 Å². The zero-order chi connectivity index (χ0) is 11.7. The van der Waals surface area contributed by atoms with E-state index < -0.39 is 5.97 Å². The maximum Gasteiger partial charge on any atom is 0.356 e. The normalized spacial score (nSPS) is 10.3. The average Bonchev–Trinajstić information content (AvgIpc) is 2.71. The summed E-state index contributed by atoms with van der Waals surface area (Å²) in [5, 5.41) is 8.70. The van der Waals surface area contributed by atoms with E-state index in [1.807, 2.05) is 22.6 Å². The van der Waals surface area contributed by atoms with Crippen molar-refractivity contribution in [2.45, 2.75) is 0 Å². The molecule has 0 aliphatic heterocycles. The largest absolute Gasteiger partial charge is 0.476 e. The van der Waals surface area contributed by atoms with Crippen LogP contribution in [0.2, 0.25) is 0 Å². The number of carboxylic acid groups (broad SMARTS) is 1. The highest BCUT2D eigenvalue weighted by atomic mass is 127. The maximum absolute atomic E-state index is 11.3. The first-order valence-corrected chi connectivity index (χ1v) is 5.18. The summed E-state index contributed by atoms with van der Waals surface area (Å²) >= 11 is 1.83. The summed E-state index contributed by atoms with van der Waals surface area (Å²) < 4.78 is 1.76. The van der Waals surface area contributed by atoms with Gasteiger partial charge >= 0.3 is 5.97 Å². The molecular weight excluding hydrogens is 327 g/mol. The van der Waals surface area contributed by atoms with Gasteiger partial charge in [-0.1, -0.05) is 0 Å². The van der Waals surface area contributed by atoms with Crippen molar-refractivity contribution in [2.24, 2.45) is 0 Å². The van der Waals surface area contributed by atoms with Gasteiger partial charge in [-0.3, -0.25) is 9.36 Å². The number of rotatable bonds is 2. The Bertz CT molecular complexity index is 603. The van der Waals surface area contributed by atoms with Gasteiger partial charge in [-0.05, 0) is 22.6 Å². The van der Waals surface area contributed by atoms with Crippen LogP contribution in [0.1, 0.15) is 10.5 Å². The van der Waals surface area contributed by atoms with Crippen LogP contribution in [0.15, 0.2) is 23.6 Å². The standard InChI is InChI=1S/C8H5IN4O3/c9-5-6(10-2-11-7(5)14)13-1-4(8(15)16)12-3-13/h1-3H,(H,15,16)(H,10,11,14). The lowest BCUT2D eigenvalue weighted by Gasteiger charge is -2.01. The van der Waals surface area contributed by atoms with Gasteiger partial charge in [-0.25, -0.2) is 14.8 Å². The van der Waals surface area contributed by atoms with Gasteiger partial charge in [-0.2, -0.15) is 0 Å². The van der Waals surface area contributed by atoms with Crippen LogP contribution in [-0.2, 0) is 0 Å². The fourth-order valence-electron chi connectivity index (χ4n) is 1.10. The van der Waals surface area contributed by atoms with Crippen LogP contribution in [0.4, 0.5) is 0 Å². The maximum atomic E-state index is 11.3. The molecule has 82 valence electrons. The van der Waals surface area contributed by atoms with Crippen LogP contribution in [0.25, 0.3) is 5.82 Å². The molecule has 8 heteroatoms. The summed E-state index contributed by atoms with van der Waals surface area (Å²) in [6.07, 6.45) is 3.85. The molecule has 0 radical (unpaired) electrons. The van der Waals surface area contributed by atoms with E-state index >= 15 is 0 Å². The summed E-state index contributed by atoms with van der Waals surface area (Å²) in [6.45, 7) is 0. The number of carboxylic acids is 1. The molecule has 16 heavy (non-hydrogen) atoms. The summed E-state index contributed by atoms with van der Waals surface area (Å²) in [5.74, 6) is -0.775. The molecule has 2 rings (SSSR count). The lowest BCUT2D eigenvalue weighted by Crippen LogP contribution is -2.14. The molecule has 0 aromatic carbocycles. The van der Waals surface area contributed by atoms with Crippen molar-refractivity contribution in [1.29, 1.82) is 0 Å². The molecule has 0 spiro atoms. The van der Waals surface area contributed by atoms with Crippen molar-refractivity contribution in [3.05, 3.63) is 38.5 Å². The van der Waals surface area contributed by atoms with E-state index in [-0.39, 0.29) is 11.3 Å². The molecular formula is C8H5IN4O3. The van der Waals surface area contributed by atoms with Gasteiger partial charge in [0.2, 0.25) is 0 Å². The van der Waals surface area contributed by atoms with E-state index in [1.54, 1.807) is 0 Å². The minimum absolute atomic E-state index is 0.0992. The van der Waals surface area contributed by atoms with Gasteiger partial charge < -0.3 is 10.1 Å². The second-order valence-corrected chi connectivity index (χ2v) is 3.92.